The molecule has 0 radical (unpaired) electrons. The molecule has 78 valence electrons. The van der Waals surface area contributed by atoms with Crippen molar-refractivity contribution in [3.05, 3.63) is 18.0 Å². The molecule has 1 atom stereocenters. The second-order valence-electron chi connectivity index (χ2n) is 4.20. The lowest BCUT2D eigenvalue weighted by Gasteiger charge is -2.09. The van der Waals surface area contributed by atoms with Crippen LogP contribution < -0.4 is 5.32 Å². The van der Waals surface area contributed by atoms with Gasteiger partial charge in [-0.15, -0.1) is 0 Å². The lowest BCUT2D eigenvalue weighted by molar-refractivity contribution is 0.466. The average molecular weight is 193 g/mol. The highest BCUT2D eigenvalue weighted by molar-refractivity contribution is 5.09. The molecule has 14 heavy (non-hydrogen) atoms. The van der Waals surface area contributed by atoms with Crippen LogP contribution in [0.25, 0.3) is 0 Å². The van der Waals surface area contributed by atoms with Gasteiger partial charge in [-0.1, -0.05) is 12.8 Å². The van der Waals surface area contributed by atoms with Gasteiger partial charge >= 0.3 is 0 Å². The molecule has 1 heterocycles. The van der Waals surface area contributed by atoms with E-state index in [4.69, 9.17) is 0 Å². The van der Waals surface area contributed by atoms with Crippen molar-refractivity contribution in [2.24, 2.45) is 0 Å². The summed E-state index contributed by atoms with van der Waals surface area (Å²) in [5, 5.41) is 7.68. The van der Waals surface area contributed by atoms with Gasteiger partial charge in [-0.05, 0) is 26.8 Å². The highest BCUT2D eigenvalue weighted by Crippen LogP contribution is 2.29. The Morgan fingerprint density at radius 2 is 2.21 bits per heavy atom. The first kappa shape index (κ1) is 9.71. The van der Waals surface area contributed by atoms with Crippen LogP contribution in [0.1, 0.15) is 50.3 Å². The summed E-state index contributed by atoms with van der Waals surface area (Å²) in [5.74, 6) is 0. The Hall–Kier alpha value is -0.830. The van der Waals surface area contributed by atoms with Gasteiger partial charge in [0, 0.05) is 17.8 Å². The monoisotopic (exact) mass is 193 g/mol. The van der Waals surface area contributed by atoms with Crippen molar-refractivity contribution in [2.75, 3.05) is 7.05 Å². The third-order valence-corrected chi connectivity index (χ3v) is 3.25. The minimum absolute atomic E-state index is 0.408. The molecule has 1 unspecified atom stereocenters. The molecule has 0 aromatic carbocycles. The second-order valence-corrected chi connectivity index (χ2v) is 4.20. The van der Waals surface area contributed by atoms with Crippen molar-refractivity contribution in [3.63, 3.8) is 0 Å². The molecule has 2 rings (SSSR count). The Bertz CT molecular complexity index is 286. The van der Waals surface area contributed by atoms with E-state index in [0.29, 0.717) is 12.1 Å². The fourth-order valence-corrected chi connectivity index (χ4v) is 2.11. The van der Waals surface area contributed by atoms with Gasteiger partial charge in [0.2, 0.25) is 0 Å². The molecule has 1 aliphatic carbocycles. The summed E-state index contributed by atoms with van der Waals surface area (Å²) in [7, 11) is 1.98. The van der Waals surface area contributed by atoms with Crippen molar-refractivity contribution >= 4 is 0 Å². The standard InChI is InChI=1S/C11H19N3/c1-9(12-2)10-7-13-14(8-10)11-5-3-4-6-11/h7-9,11-12H,3-6H2,1-2H3. The van der Waals surface area contributed by atoms with Crippen LogP contribution in [-0.4, -0.2) is 16.8 Å². The molecular formula is C11H19N3. The SMILES string of the molecule is CNC(C)c1cnn(C2CCCC2)c1. The highest BCUT2D eigenvalue weighted by Gasteiger charge is 2.18. The van der Waals surface area contributed by atoms with E-state index in [9.17, 15) is 0 Å². The summed E-state index contributed by atoms with van der Waals surface area (Å²) in [6, 6.07) is 1.07. The Kier molecular flexibility index (Phi) is 2.87. The number of hydrogen-bond donors (Lipinski definition) is 1. The molecular weight excluding hydrogens is 174 g/mol. The molecule has 0 aliphatic heterocycles. The van der Waals surface area contributed by atoms with Crippen molar-refractivity contribution in [3.8, 4) is 0 Å². The normalized spacial score (nSPS) is 20.1. The third kappa shape index (κ3) is 1.82. The molecule has 0 spiro atoms. The third-order valence-electron chi connectivity index (χ3n) is 3.25. The van der Waals surface area contributed by atoms with Gasteiger partial charge < -0.3 is 5.32 Å². The predicted octanol–water partition coefficient (Wildman–Crippen LogP) is 2.28. The van der Waals surface area contributed by atoms with E-state index in [0.717, 1.165) is 0 Å². The van der Waals surface area contributed by atoms with Gasteiger partial charge in [0.05, 0.1) is 12.2 Å². The smallest absolute Gasteiger partial charge is 0.0537 e. The Morgan fingerprint density at radius 3 is 2.86 bits per heavy atom. The van der Waals surface area contributed by atoms with Crippen LogP contribution in [0.5, 0.6) is 0 Å². The van der Waals surface area contributed by atoms with Crippen molar-refractivity contribution in [2.45, 2.75) is 44.7 Å². The Morgan fingerprint density at radius 1 is 1.50 bits per heavy atom. The maximum Gasteiger partial charge on any atom is 0.0537 e. The summed E-state index contributed by atoms with van der Waals surface area (Å²) in [6.07, 6.45) is 9.50. The number of hydrogen-bond acceptors (Lipinski definition) is 2. The van der Waals surface area contributed by atoms with Crippen molar-refractivity contribution < 1.29 is 0 Å². The number of aromatic nitrogens is 2. The zero-order valence-electron chi connectivity index (χ0n) is 9.03. The lowest BCUT2D eigenvalue weighted by atomic mass is 10.2. The van der Waals surface area contributed by atoms with Crippen LogP contribution in [0.4, 0.5) is 0 Å². The summed E-state index contributed by atoms with van der Waals surface area (Å²) in [6.45, 7) is 2.16. The first-order valence-corrected chi connectivity index (χ1v) is 5.52. The first-order valence-electron chi connectivity index (χ1n) is 5.52. The van der Waals surface area contributed by atoms with E-state index in [2.05, 4.69) is 28.2 Å². The zero-order chi connectivity index (χ0) is 9.97. The van der Waals surface area contributed by atoms with Gasteiger partial charge in [-0.2, -0.15) is 5.10 Å². The molecule has 1 saturated carbocycles. The van der Waals surface area contributed by atoms with E-state index >= 15 is 0 Å². The predicted molar refractivity (Wildman–Crippen MR) is 57.2 cm³/mol. The van der Waals surface area contributed by atoms with Gasteiger partial charge in [0.25, 0.3) is 0 Å². The maximum absolute atomic E-state index is 4.44. The number of nitrogens with zero attached hydrogens (tertiary/aromatic N) is 2. The fraction of sp³-hybridized carbons (Fsp3) is 0.727. The van der Waals surface area contributed by atoms with Crippen molar-refractivity contribution in [1.29, 1.82) is 0 Å². The summed E-state index contributed by atoms with van der Waals surface area (Å²) in [5.41, 5.74) is 1.29. The molecule has 1 aromatic rings. The second kappa shape index (κ2) is 4.13. The van der Waals surface area contributed by atoms with Crippen LogP contribution in [-0.2, 0) is 0 Å². The minimum Gasteiger partial charge on any atom is -0.313 e. The quantitative estimate of drug-likeness (QED) is 0.798. The summed E-state index contributed by atoms with van der Waals surface area (Å²) < 4.78 is 2.15. The molecule has 1 fully saturated rings. The molecule has 0 saturated heterocycles. The number of nitrogens with one attached hydrogen (secondary N) is 1. The van der Waals surface area contributed by atoms with E-state index < -0.39 is 0 Å². The van der Waals surface area contributed by atoms with Crippen LogP contribution >= 0.6 is 0 Å². The molecule has 1 N–H and O–H groups in total. The van der Waals surface area contributed by atoms with E-state index in [1.165, 1.54) is 31.2 Å². The summed E-state index contributed by atoms with van der Waals surface area (Å²) >= 11 is 0. The average Bonchev–Trinajstić information content (AvgIpc) is 2.86. The molecule has 1 aromatic heterocycles. The first-order chi connectivity index (χ1) is 6.81. The van der Waals surface area contributed by atoms with Gasteiger partial charge in [0.15, 0.2) is 0 Å². The van der Waals surface area contributed by atoms with E-state index in [1.807, 2.05) is 13.2 Å². The highest BCUT2D eigenvalue weighted by atomic mass is 15.3. The zero-order valence-corrected chi connectivity index (χ0v) is 9.03. The van der Waals surface area contributed by atoms with E-state index in [-0.39, 0.29) is 0 Å². The summed E-state index contributed by atoms with van der Waals surface area (Å²) in [4.78, 5) is 0. The molecule has 1 aliphatic rings. The Balaban J connectivity index is 2.08. The van der Waals surface area contributed by atoms with Crippen LogP contribution in [0.3, 0.4) is 0 Å². The van der Waals surface area contributed by atoms with E-state index in [1.54, 1.807) is 0 Å². The lowest BCUT2D eigenvalue weighted by Crippen LogP contribution is -2.11. The minimum atomic E-state index is 0.408. The van der Waals surface area contributed by atoms with Crippen LogP contribution in [0.2, 0.25) is 0 Å². The van der Waals surface area contributed by atoms with Crippen molar-refractivity contribution in [1.82, 2.24) is 15.1 Å². The Labute approximate surface area is 85.5 Å². The molecule has 0 amide bonds. The van der Waals surface area contributed by atoms with Gasteiger partial charge in [-0.25, -0.2) is 0 Å². The largest absolute Gasteiger partial charge is 0.313 e. The topological polar surface area (TPSA) is 29.9 Å². The maximum atomic E-state index is 4.44. The van der Waals surface area contributed by atoms with Crippen LogP contribution in [0.15, 0.2) is 12.4 Å². The van der Waals surface area contributed by atoms with Gasteiger partial charge in [-0.3, -0.25) is 4.68 Å². The van der Waals surface area contributed by atoms with Gasteiger partial charge in [0.1, 0.15) is 0 Å². The fourth-order valence-electron chi connectivity index (χ4n) is 2.11. The number of rotatable bonds is 3. The van der Waals surface area contributed by atoms with Crippen LogP contribution in [0, 0.1) is 0 Å². The molecule has 0 bridgehead atoms. The molecule has 3 heteroatoms. The molecule has 3 nitrogen and oxygen atoms in total.